The maximum absolute atomic E-state index is 12.4. The number of hydrogen-bond acceptors (Lipinski definition) is 4. The smallest absolute Gasteiger partial charge is 0.257 e. The second-order valence-electron chi connectivity index (χ2n) is 7.47. The van der Waals surface area contributed by atoms with E-state index in [1.165, 1.54) is 0 Å². The highest BCUT2D eigenvalue weighted by atomic mass is 32.1. The first-order valence-electron chi connectivity index (χ1n) is 10.1. The zero-order valence-corrected chi connectivity index (χ0v) is 18.1. The second kappa shape index (κ2) is 8.20. The summed E-state index contributed by atoms with van der Waals surface area (Å²) in [5.41, 5.74) is 4.68. The normalized spacial score (nSPS) is 10.9. The van der Waals surface area contributed by atoms with Crippen molar-refractivity contribution in [3.8, 4) is 5.69 Å². The first-order chi connectivity index (χ1) is 15.6. The Kier molecular flexibility index (Phi) is 5.09. The lowest BCUT2D eigenvalue weighted by Crippen LogP contribution is -2.34. The molecular formula is C25H19N5OS. The molecule has 1 amide bonds. The summed E-state index contributed by atoms with van der Waals surface area (Å²) in [6.07, 6.45) is 0. The number of thiocarbonyl (C=S) groups is 1. The summed E-state index contributed by atoms with van der Waals surface area (Å²) in [7, 11) is 0. The molecule has 0 aliphatic rings. The van der Waals surface area contributed by atoms with E-state index in [-0.39, 0.29) is 11.0 Å². The number of fused-ring (bicyclic) bond motifs is 2. The van der Waals surface area contributed by atoms with Gasteiger partial charge in [-0.3, -0.25) is 10.1 Å². The largest absolute Gasteiger partial charge is 0.332 e. The first-order valence-corrected chi connectivity index (χ1v) is 10.5. The quantitative estimate of drug-likeness (QED) is 0.388. The van der Waals surface area contributed by atoms with Crippen LogP contribution in [0.5, 0.6) is 0 Å². The van der Waals surface area contributed by atoms with Crippen LogP contribution in [0.3, 0.4) is 0 Å². The topological polar surface area (TPSA) is 71.8 Å². The molecule has 7 heteroatoms. The van der Waals surface area contributed by atoms with Gasteiger partial charge in [0.2, 0.25) is 0 Å². The Hall–Kier alpha value is -4.10. The average Bonchev–Trinajstić information content (AvgIpc) is 3.22. The first kappa shape index (κ1) is 19.8. The van der Waals surface area contributed by atoms with E-state index in [1.54, 1.807) is 10.9 Å². The standard InChI is InChI=1S/C25H19N5OS/c1-16-6-4-9-18(14-16)24(31)27-25(32)26-19-12-13-21-22(15-19)29-30(28-21)23-11-5-8-17-7-2-3-10-20(17)23/h2-15H,1H3,(H2,26,27,31,32). The Bertz CT molecular complexity index is 1490. The minimum Gasteiger partial charge on any atom is -0.332 e. The third kappa shape index (κ3) is 3.93. The Morgan fingerprint density at radius 3 is 2.53 bits per heavy atom. The highest BCUT2D eigenvalue weighted by molar-refractivity contribution is 7.80. The van der Waals surface area contributed by atoms with Crippen LogP contribution in [0, 0.1) is 6.92 Å². The fraction of sp³-hybridized carbons (Fsp3) is 0.0400. The van der Waals surface area contributed by atoms with Crippen LogP contribution < -0.4 is 10.6 Å². The monoisotopic (exact) mass is 437 g/mol. The molecule has 0 fully saturated rings. The van der Waals surface area contributed by atoms with Gasteiger partial charge in [0.1, 0.15) is 11.0 Å². The molecule has 0 spiro atoms. The van der Waals surface area contributed by atoms with Gasteiger partial charge in [-0.05, 0) is 60.9 Å². The van der Waals surface area contributed by atoms with Crippen LogP contribution in [0.25, 0.3) is 27.5 Å². The third-order valence-electron chi connectivity index (χ3n) is 5.13. The van der Waals surface area contributed by atoms with Gasteiger partial charge in [-0.2, -0.15) is 0 Å². The molecule has 0 aliphatic heterocycles. The van der Waals surface area contributed by atoms with Crippen molar-refractivity contribution in [3.63, 3.8) is 0 Å². The van der Waals surface area contributed by atoms with Gasteiger partial charge in [0.05, 0.1) is 5.69 Å². The van der Waals surface area contributed by atoms with Gasteiger partial charge >= 0.3 is 0 Å². The summed E-state index contributed by atoms with van der Waals surface area (Å²) >= 11 is 5.32. The van der Waals surface area contributed by atoms with Crippen molar-refractivity contribution in [2.24, 2.45) is 0 Å². The lowest BCUT2D eigenvalue weighted by atomic mass is 10.1. The number of amides is 1. The lowest BCUT2D eigenvalue weighted by molar-refractivity contribution is 0.0977. The molecule has 0 saturated carbocycles. The molecule has 2 N–H and O–H groups in total. The van der Waals surface area contributed by atoms with Gasteiger partial charge in [0, 0.05) is 16.6 Å². The molecule has 0 radical (unpaired) electrons. The summed E-state index contributed by atoms with van der Waals surface area (Å²) in [5.74, 6) is -0.255. The molecule has 0 bridgehead atoms. The summed E-state index contributed by atoms with van der Waals surface area (Å²) < 4.78 is 0. The van der Waals surface area contributed by atoms with Crippen molar-refractivity contribution in [1.29, 1.82) is 0 Å². The van der Waals surface area contributed by atoms with Crippen LogP contribution in [0.1, 0.15) is 15.9 Å². The SMILES string of the molecule is Cc1cccc(C(=O)NC(=S)Nc2ccc3nn(-c4cccc5ccccc45)nc3c2)c1. The van der Waals surface area contributed by atoms with E-state index in [4.69, 9.17) is 12.2 Å². The summed E-state index contributed by atoms with van der Waals surface area (Å²) in [4.78, 5) is 14.1. The highest BCUT2D eigenvalue weighted by Gasteiger charge is 2.11. The van der Waals surface area contributed by atoms with Crippen molar-refractivity contribution in [3.05, 3.63) is 96.1 Å². The van der Waals surface area contributed by atoms with Gasteiger partial charge in [-0.1, -0.05) is 54.1 Å². The van der Waals surface area contributed by atoms with Crippen molar-refractivity contribution in [1.82, 2.24) is 20.3 Å². The number of aryl methyl sites for hydroxylation is 1. The molecule has 32 heavy (non-hydrogen) atoms. The van der Waals surface area contributed by atoms with E-state index in [2.05, 4.69) is 39.0 Å². The summed E-state index contributed by atoms with van der Waals surface area (Å²) in [6.45, 7) is 1.94. The molecule has 4 aromatic carbocycles. The highest BCUT2D eigenvalue weighted by Crippen LogP contribution is 2.23. The van der Waals surface area contributed by atoms with E-state index >= 15 is 0 Å². The number of benzene rings is 4. The van der Waals surface area contributed by atoms with Gasteiger partial charge in [0.25, 0.3) is 5.91 Å². The zero-order valence-electron chi connectivity index (χ0n) is 17.2. The Labute approximate surface area is 189 Å². The second-order valence-corrected chi connectivity index (χ2v) is 7.88. The molecule has 6 nitrogen and oxygen atoms in total. The van der Waals surface area contributed by atoms with Crippen molar-refractivity contribution in [2.75, 3.05) is 5.32 Å². The maximum Gasteiger partial charge on any atom is 0.257 e. The molecule has 1 heterocycles. The van der Waals surface area contributed by atoms with Gasteiger partial charge in [0.15, 0.2) is 5.11 Å². The zero-order chi connectivity index (χ0) is 22.1. The molecule has 5 aromatic rings. The molecule has 0 atom stereocenters. The van der Waals surface area contributed by atoms with Gasteiger partial charge in [-0.25, -0.2) is 0 Å². The molecule has 0 aliphatic carbocycles. The van der Waals surface area contributed by atoms with Crippen LogP contribution in [0.15, 0.2) is 84.9 Å². The fourth-order valence-electron chi connectivity index (χ4n) is 3.61. The Morgan fingerprint density at radius 2 is 1.66 bits per heavy atom. The molecule has 5 rings (SSSR count). The molecule has 0 saturated heterocycles. The summed E-state index contributed by atoms with van der Waals surface area (Å²) in [5, 5.41) is 17.5. The number of nitrogens with zero attached hydrogens (tertiary/aromatic N) is 3. The van der Waals surface area contributed by atoms with Crippen molar-refractivity contribution < 1.29 is 4.79 Å². The van der Waals surface area contributed by atoms with E-state index < -0.39 is 0 Å². The van der Waals surface area contributed by atoms with Crippen LogP contribution in [0.4, 0.5) is 5.69 Å². The Morgan fingerprint density at radius 1 is 0.875 bits per heavy atom. The maximum atomic E-state index is 12.4. The predicted molar refractivity (Wildman–Crippen MR) is 131 cm³/mol. The number of carbonyl (C=O) groups is 1. The number of rotatable bonds is 3. The van der Waals surface area contributed by atoms with Crippen LogP contribution in [-0.2, 0) is 0 Å². The van der Waals surface area contributed by atoms with Crippen molar-refractivity contribution >= 4 is 50.7 Å². The van der Waals surface area contributed by atoms with E-state index in [0.29, 0.717) is 5.56 Å². The third-order valence-corrected chi connectivity index (χ3v) is 5.33. The van der Waals surface area contributed by atoms with Gasteiger partial charge < -0.3 is 5.32 Å². The molecule has 0 unspecified atom stereocenters. The van der Waals surface area contributed by atoms with Crippen LogP contribution in [0.2, 0.25) is 0 Å². The summed E-state index contributed by atoms with van der Waals surface area (Å²) in [6, 6.07) is 27.1. The average molecular weight is 438 g/mol. The van der Waals surface area contributed by atoms with Gasteiger partial charge in [-0.15, -0.1) is 15.0 Å². The number of anilines is 1. The predicted octanol–water partition coefficient (Wildman–Crippen LogP) is 5.01. The van der Waals surface area contributed by atoms with E-state index in [0.717, 1.165) is 38.7 Å². The number of nitrogens with one attached hydrogen (secondary N) is 2. The number of carbonyl (C=O) groups excluding carboxylic acids is 1. The molecular weight excluding hydrogens is 418 g/mol. The van der Waals surface area contributed by atoms with E-state index in [9.17, 15) is 4.79 Å². The number of hydrogen-bond donors (Lipinski definition) is 2. The van der Waals surface area contributed by atoms with Crippen molar-refractivity contribution in [2.45, 2.75) is 6.92 Å². The van der Waals surface area contributed by atoms with Crippen LogP contribution in [-0.4, -0.2) is 26.0 Å². The lowest BCUT2D eigenvalue weighted by Gasteiger charge is -2.09. The molecule has 1 aromatic heterocycles. The minimum absolute atomic E-state index is 0.220. The van der Waals surface area contributed by atoms with Crippen LogP contribution >= 0.6 is 12.2 Å². The fourth-order valence-corrected chi connectivity index (χ4v) is 3.82. The molecule has 156 valence electrons. The Balaban J connectivity index is 1.37. The minimum atomic E-state index is -0.255. The van der Waals surface area contributed by atoms with E-state index in [1.807, 2.05) is 67.6 Å². The number of aromatic nitrogens is 3.